The molecule has 3 atom stereocenters. The zero-order valence-electron chi connectivity index (χ0n) is 14.5. The Morgan fingerprint density at radius 3 is 3.04 bits per heavy atom. The van der Waals surface area contributed by atoms with Gasteiger partial charge >= 0.3 is 10.6 Å². The monoisotopic (exact) mass is 374 g/mol. The van der Waals surface area contributed by atoms with Crippen LogP contribution in [0.1, 0.15) is 36.3 Å². The summed E-state index contributed by atoms with van der Waals surface area (Å²) in [5, 5.41) is 14.4. The van der Waals surface area contributed by atoms with Gasteiger partial charge in [-0.2, -0.15) is 0 Å². The Bertz CT molecular complexity index is 1030. The molecule has 2 aromatic heterocycles. The third-order valence-electron chi connectivity index (χ3n) is 5.08. The second-order valence-electron chi connectivity index (χ2n) is 6.92. The minimum atomic E-state index is -0.673. The van der Waals surface area contributed by atoms with Gasteiger partial charge < -0.3 is 20.4 Å². The molecule has 0 spiro atoms. The van der Waals surface area contributed by atoms with Gasteiger partial charge in [-0.3, -0.25) is 9.36 Å². The summed E-state index contributed by atoms with van der Waals surface area (Å²) in [5.74, 6) is 0. The number of aryl methyl sites for hydroxylation is 2. The van der Waals surface area contributed by atoms with Crippen molar-refractivity contribution in [3.05, 3.63) is 55.0 Å². The molecule has 0 saturated carbocycles. The molecule has 138 valence electrons. The molecule has 4 rings (SSSR count). The summed E-state index contributed by atoms with van der Waals surface area (Å²) in [6.45, 7) is 2.65. The van der Waals surface area contributed by atoms with Crippen LogP contribution in [0.25, 0.3) is 11.0 Å². The number of rotatable bonds is 5. The lowest BCUT2D eigenvalue weighted by molar-refractivity contribution is 0.119. The van der Waals surface area contributed by atoms with Gasteiger partial charge in [-0.15, -0.1) is 0 Å². The average Bonchev–Trinajstić information content (AvgIpc) is 3.14. The van der Waals surface area contributed by atoms with Gasteiger partial charge in [0.25, 0.3) is 0 Å². The topological polar surface area (TPSA) is 103 Å². The lowest BCUT2D eigenvalue weighted by Gasteiger charge is -2.26. The Kier molecular flexibility index (Phi) is 4.56. The number of aromatic amines is 2. The number of aliphatic hydroxyl groups excluding tert-OH is 1. The number of aromatic nitrogens is 3. The molecule has 26 heavy (non-hydrogen) atoms. The molecule has 0 amide bonds. The molecule has 0 fully saturated rings. The number of H-pyrrole nitrogens is 2. The highest BCUT2D eigenvalue weighted by Crippen LogP contribution is 2.30. The Labute approximate surface area is 153 Å². The number of nitrogens with zero attached hydrogens (tertiary/aromatic N) is 1. The smallest absolute Gasteiger partial charge is 0.326 e. The third kappa shape index (κ3) is 3.15. The fourth-order valence-electron chi connectivity index (χ4n) is 3.77. The molecular formula is C18H22N4O3S. The fraction of sp³-hybridized carbons (Fsp3) is 0.444. The summed E-state index contributed by atoms with van der Waals surface area (Å²) in [4.78, 5) is 29.9. The van der Waals surface area contributed by atoms with Gasteiger partial charge in [-0.25, -0.2) is 4.79 Å². The molecule has 0 saturated heterocycles. The molecule has 0 unspecified atom stereocenters. The lowest BCUT2D eigenvalue weighted by Crippen LogP contribution is -2.41. The summed E-state index contributed by atoms with van der Waals surface area (Å²) in [5.41, 5.74) is 2.23. The quantitative estimate of drug-likeness (QED) is 0.543. The van der Waals surface area contributed by atoms with E-state index < -0.39 is 6.10 Å². The summed E-state index contributed by atoms with van der Waals surface area (Å²) >= 11 is 1.24. The van der Waals surface area contributed by atoms with Crippen molar-refractivity contribution in [2.75, 3.05) is 0 Å². The highest BCUT2D eigenvalue weighted by molar-refractivity contribution is 7.09. The van der Waals surface area contributed by atoms with E-state index in [-0.39, 0.29) is 22.6 Å². The van der Waals surface area contributed by atoms with Crippen molar-refractivity contribution < 1.29 is 5.11 Å². The predicted molar refractivity (Wildman–Crippen MR) is 102 cm³/mol. The van der Waals surface area contributed by atoms with E-state index in [2.05, 4.69) is 22.2 Å². The van der Waals surface area contributed by atoms with Crippen molar-refractivity contribution in [3.8, 4) is 0 Å². The molecule has 0 radical (unpaired) electrons. The maximum absolute atomic E-state index is 12.2. The first-order valence-electron chi connectivity index (χ1n) is 8.86. The summed E-state index contributed by atoms with van der Waals surface area (Å²) < 4.78 is 1.72. The minimum Gasteiger partial charge on any atom is -0.387 e. The van der Waals surface area contributed by atoms with Gasteiger partial charge in [-0.05, 0) is 32.3 Å². The molecule has 1 aliphatic rings. The fourth-order valence-corrected chi connectivity index (χ4v) is 4.46. The van der Waals surface area contributed by atoms with Crippen molar-refractivity contribution in [2.45, 2.75) is 50.9 Å². The van der Waals surface area contributed by atoms with Crippen LogP contribution in [0.3, 0.4) is 0 Å². The van der Waals surface area contributed by atoms with Gasteiger partial charge in [0.1, 0.15) is 0 Å². The van der Waals surface area contributed by atoms with Gasteiger partial charge in [-0.1, -0.05) is 23.5 Å². The first-order valence-corrected chi connectivity index (χ1v) is 9.67. The van der Waals surface area contributed by atoms with E-state index in [9.17, 15) is 14.7 Å². The second kappa shape index (κ2) is 6.86. The molecule has 3 heterocycles. The van der Waals surface area contributed by atoms with Gasteiger partial charge in [0.2, 0.25) is 0 Å². The first kappa shape index (κ1) is 17.3. The normalized spacial score (nSPS) is 21.0. The van der Waals surface area contributed by atoms with Crippen LogP contribution in [0.5, 0.6) is 0 Å². The van der Waals surface area contributed by atoms with Crippen molar-refractivity contribution >= 4 is 22.4 Å². The molecule has 7 nitrogen and oxygen atoms in total. The largest absolute Gasteiger partial charge is 0.387 e. The number of imidazole rings is 1. The summed E-state index contributed by atoms with van der Waals surface area (Å²) in [6, 6.07) is 5.67. The van der Waals surface area contributed by atoms with E-state index >= 15 is 0 Å². The van der Waals surface area contributed by atoms with Crippen LogP contribution in [0.15, 0.2) is 34.0 Å². The van der Waals surface area contributed by atoms with Crippen LogP contribution in [-0.2, 0) is 13.0 Å². The predicted octanol–water partition coefficient (Wildman–Crippen LogP) is 1.50. The van der Waals surface area contributed by atoms with Gasteiger partial charge in [0.05, 0.1) is 17.1 Å². The maximum Gasteiger partial charge on any atom is 0.326 e. The standard InChI is InChI=1S/C18H22N4O3S/c1-10(5-6-11-9-19-18(25)26-11)20-14-7-8-22-15-12(16(14)23)3-2-4-13(15)21-17(22)24/h2-4,9-10,14,16,20,23H,5-8H2,1H3,(H,19,25)(H,21,24)/t10-,14-,16-/m1/s1. The second-order valence-corrected chi connectivity index (χ2v) is 8.02. The number of benzene rings is 1. The summed E-state index contributed by atoms with van der Waals surface area (Å²) in [6.07, 6.45) is 3.45. The Morgan fingerprint density at radius 1 is 1.42 bits per heavy atom. The van der Waals surface area contributed by atoms with Crippen molar-refractivity contribution in [3.63, 3.8) is 0 Å². The molecule has 0 aliphatic carbocycles. The lowest BCUT2D eigenvalue weighted by atomic mass is 9.98. The van der Waals surface area contributed by atoms with Crippen molar-refractivity contribution in [1.82, 2.24) is 19.9 Å². The first-order chi connectivity index (χ1) is 12.5. The van der Waals surface area contributed by atoms with Crippen LogP contribution in [-0.4, -0.2) is 31.7 Å². The molecule has 1 aliphatic heterocycles. The molecule has 8 heteroatoms. The Balaban J connectivity index is 1.49. The molecule has 1 aromatic carbocycles. The zero-order valence-corrected chi connectivity index (χ0v) is 15.3. The van der Waals surface area contributed by atoms with Crippen LogP contribution >= 0.6 is 11.3 Å². The van der Waals surface area contributed by atoms with Crippen LogP contribution in [0, 0.1) is 0 Å². The average molecular weight is 374 g/mol. The Morgan fingerprint density at radius 2 is 2.27 bits per heavy atom. The van der Waals surface area contributed by atoms with Crippen LogP contribution in [0.2, 0.25) is 0 Å². The van der Waals surface area contributed by atoms with Crippen LogP contribution < -0.4 is 15.9 Å². The zero-order chi connectivity index (χ0) is 18.3. The maximum atomic E-state index is 12.2. The Hall–Kier alpha value is -2.16. The van der Waals surface area contributed by atoms with E-state index in [1.54, 1.807) is 10.8 Å². The molecular weight excluding hydrogens is 352 g/mol. The number of para-hydroxylation sites is 1. The number of hydrogen-bond acceptors (Lipinski definition) is 5. The minimum absolute atomic E-state index is 0.0277. The molecule has 4 N–H and O–H groups in total. The molecule has 3 aromatic rings. The number of hydrogen-bond donors (Lipinski definition) is 4. The number of nitrogens with one attached hydrogen (secondary N) is 3. The third-order valence-corrected chi connectivity index (χ3v) is 5.97. The molecule has 0 bridgehead atoms. The van der Waals surface area contributed by atoms with Crippen molar-refractivity contribution in [2.24, 2.45) is 0 Å². The number of thiazole rings is 1. The van der Waals surface area contributed by atoms with E-state index in [1.807, 2.05) is 18.2 Å². The SMILES string of the molecule is C[C@H](CCc1c[nH]c(=O)s1)N[C@@H]1CCn2c(=O)[nH]c3cccc(c32)[C@H]1O. The van der Waals surface area contributed by atoms with Crippen LogP contribution in [0.4, 0.5) is 0 Å². The number of aliphatic hydroxyl groups is 1. The van der Waals surface area contributed by atoms with E-state index in [4.69, 9.17) is 0 Å². The van der Waals surface area contributed by atoms with Gasteiger partial charge in [0.15, 0.2) is 0 Å². The van der Waals surface area contributed by atoms with E-state index in [0.29, 0.717) is 13.0 Å². The highest BCUT2D eigenvalue weighted by atomic mass is 32.1. The summed E-state index contributed by atoms with van der Waals surface area (Å²) in [7, 11) is 0. The van der Waals surface area contributed by atoms with Gasteiger partial charge in [0, 0.05) is 35.3 Å². The van der Waals surface area contributed by atoms with Crippen molar-refractivity contribution in [1.29, 1.82) is 0 Å². The highest BCUT2D eigenvalue weighted by Gasteiger charge is 2.29. The van der Waals surface area contributed by atoms with E-state index in [0.717, 1.165) is 34.3 Å². The van der Waals surface area contributed by atoms with E-state index in [1.165, 1.54) is 11.3 Å².